The fourth-order valence-electron chi connectivity index (χ4n) is 2.83. The number of rotatable bonds is 2. The summed E-state index contributed by atoms with van der Waals surface area (Å²) in [6, 6.07) is 4.72. The molecule has 3 heterocycles. The number of hydrogen-bond acceptors (Lipinski definition) is 4. The van der Waals surface area contributed by atoms with Crippen molar-refractivity contribution in [2.75, 3.05) is 32.1 Å². The average molecular weight is 259 g/mol. The standard InChI is InChI=1S/C14H21N5/c1-11-9-14(19-13(16-11)6-7-15-19)18-8-4-5-12(10-18)17(2)3/h6-7,9,12H,4-5,8,10H2,1-3H3/t12-/m1/s1. The van der Waals surface area contributed by atoms with Gasteiger partial charge < -0.3 is 9.80 Å². The van der Waals surface area contributed by atoms with Gasteiger partial charge in [0.15, 0.2) is 5.65 Å². The van der Waals surface area contributed by atoms with Gasteiger partial charge >= 0.3 is 0 Å². The number of likely N-dealkylation sites (N-methyl/N-ethyl adjacent to an activating group) is 1. The van der Waals surface area contributed by atoms with Crippen LogP contribution >= 0.6 is 0 Å². The Morgan fingerprint density at radius 2 is 2.21 bits per heavy atom. The van der Waals surface area contributed by atoms with E-state index in [2.05, 4.69) is 40.0 Å². The molecule has 1 fully saturated rings. The second-order valence-electron chi connectivity index (χ2n) is 5.56. The summed E-state index contributed by atoms with van der Waals surface area (Å²) in [4.78, 5) is 9.26. The summed E-state index contributed by atoms with van der Waals surface area (Å²) in [6.07, 6.45) is 4.32. The second kappa shape index (κ2) is 4.81. The monoisotopic (exact) mass is 259 g/mol. The average Bonchev–Trinajstić information content (AvgIpc) is 2.85. The van der Waals surface area contributed by atoms with E-state index < -0.39 is 0 Å². The summed E-state index contributed by atoms with van der Waals surface area (Å²) < 4.78 is 1.95. The predicted octanol–water partition coefficient (Wildman–Crippen LogP) is 1.57. The van der Waals surface area contributed by atoms with Gasteiger partial charge in [0.05, 0.1) is 6.20 Å². The van der Waals surface area contributed by atoms with E-state index in [0.717, 1.165) is 24.4 Å². The third-order valence-corrected chi connectivity index (χ3v) is 3.92. The Balaban J connectivity index is 1.97. The molecule has 0 radical (unpaired) electrons. The third kappa shape index (κ3) is 2.30. The molecule has 19 heavy (non-hydrogen) atoms. The van der Waals surface area contributed by atoms with E-state index in [-0.39, 0.29) is 0 Å². The molecule has 1 atom stereocenters. The summed E-state index contributed by atoms with van der Waals surface area (Å²) >= 11 is 0. The number of nitrogens with zero attached hydrogens (tertiary/aromatic N) is 5. The molecule has 0 N–H and O–H groups in total. The van der Waals surface area contributed by atoms with Crippen LogP contribution in [-0.4, -0.2) is 52.7 Å². The molecule has 1 saturated heterocycles. The molecule has 3 rings (SSSR count). The molecule has 0 bridgehead atoms. The van der Waals surface area contributed by atoms with Crippen LogP contribution in [0.4, 0.5) is 5.82 Å². The summed E-state index contributed by atoms with van der Waals surface area (Å²) in [5.41, 5.74) is 1.98. The van der Waals surface area contributed by atoms with Crippen molar-refractivity contribution < 1.29 is 0 Å². The molecule has 0 aliphatic carbocycles. The van der Waals surface area contributed by atoms with E-state index in [9.17, 15) is 0 Å². The highest BCUT2D eigenvalue weighted by Crippen LogP contribution is 2.22. The molecule has 0 aromatic carbocycles. The fourth-order valence-corrected chi connectivity index (χ4v) is 2.83. The van der Waals surface area contributed by atoms with Crippen molar-refractivity contribution in [3.63, 3.8) is 0 Å². The lowest BCUT2D eigenvalue weighted by molar-refractivity contribution is 0.257. The third-order valence-electron chi connectivity index (χ3n) is 3.92. The van der Waals surface area contributed by atoms with E-state index in [1.807, 2.05) is 23.7 Å². The van der Waals surface area contributed by atoms with Crippen LogP contribution in [0.2, 0.25) is 0 Å². The molecule has 0 unspecified atom stereocenters. The molecule has 1 aliphatic rings. The quantitative estimate of drug-likeness (QED) is 0.820. The number of anilines is 1. The van der Waals surface area contributed by atoms with E-state index in [1.54, 1.807) is 0 Å². The summed E-state index contributed by atoms with van der Waals surface area (Å²) in [5, 5.41) is 4.40. The first-order valence-electron chi connectivity index (χ1n) is 6.88. The number of fused-ring (bicyclic) bond motifs is 1. The molecular formula is C14H21N5. The maximum atomic E-state index is 4.51. The van der Waals surface area contributed by atoms with Crippen LogP contribution in [0, 0.1) is 6.92 Å². The van der Waals surface area contributed by atoms with E-state index in [4.69, 9.17) is 0 Å². The van der Waals surface area contributed by atoms with Crippen LogP contribution in [0.25, 0.3) is 5.65 Å². The first-order chi connectivity index (χ1) is 9.15. The van der Waals surface area contributed by atoms with Crippen molar-refractivity contribution >= 4 is 11.5 Å². The maximum absolute atomic E-state index is 4.51. The largest absolute Gasteiger partial charge is 0.355 e. The van der Waals surface area contributed by atoms with Gasteiger partial charge in [0.2, 0.25) is 0 Å². The smallest absolute Gasteiger partial charge is 0.157 e. The lowest BCUT2D eigenvalue weighted by Gasteiger charge is -2.37. The second-order valence-corrected chi connectivity index (χ2v) is 5.56. The van der Waals surface area contributed by atoms with Crippen LogP contribution in [0.15, 0.2) is 18.3 Å². The van der Waals surface area contributed by atoms with Gasteiger partial charge in [-0.2, -0.15) is 9.61 Å². The summed E-state index contributed by atoms with van der Waals surface area (Å²) in [5.74, 6) is 1.17. The molecule has 1 aliphatic heterocycles. The van der Waals surface area contributed by atoms with Gasteiger partial charge in [-0.15, -0.1) is 0 Å². The normalized spacial score (nSPS) is 20.4. The van der Waals surface area contributed by atoms with Gasteiger partial charge in [0.1, 0.15) is 5.82 Å². The fraction of sp³-hybridized carbons (Fsp3) is 0.571. The van der Waals surface area contributed by atoms with Crippen molar-refractivity contribution in [3.05, 3.63) is 24.0 Å². The van der Waals surface area contributed by atoms with Crippen molar-refractivity contribution in [2.24, 2.45) is 0 Å². The number of aromatic nitrogens is 3. The molecule has 102 valence electrons. The Bertz CT molecular complexity index is 574. The highest BCUT2D eigenvalue weighted by atomic mass is 15.4. The van der Waals surface area contributed by atoms with Crippen molar-refractivity contribution in [2.45, 2.75) is 25.8 Å². The molecule has 2 aromatic heterocycles. The van der Waals surface area contributed by atoms with Gasteiger partial charge in [-0.3, -0.25) is 0 Å². The lowest BCUT2D eigenvalue weighted by atomic mass is 10.0. The van der Waals surface area contributed by atoms with Crippen molar-refractivity contribution in [1.29, 1.82) is 0 Å². The minimum Gasteiger partial charge on any atom is -0.355 e. The zero-order chi connectivity index (χ0) is 13.4. The van der Waals surface area contributed by atoms with Crippen LogP contribution in [0.5, 0.6) is 0 Å². The lowest BCUT2D eigenvalue weighted by Crippen LogP contribution is -2.45. The molecule has 0 saturated carbocycles. The summed E-state index contributed by atoms with van der Waals surface area (Å²) in [6.45, 7) is 4.21. The number of aryl methyl sites for hydroxylation is 1. The molecule has 5 heteroatoms. The first-order valence-corrected chi connectivity index (χ1v) is 6.88. The van der Waals surface area contributed by atoms with E-state index >= 15 is 0 Å². The summed E-state index contributed by atoms with van der Waals surface area (Å²) in [7, 11) is 4.32. The van der Waals surface area contributed by atoms with Crippen molar-refractivity contribution in [3.8, 4) is 0 Å². The zero-order valence-electron chi connectivity index (χ0n) is 11.9. The Labute approximate surface area is 113 Å². The maximum Gasteiger partial charge on any atom is 0.157 e. The molecule has 2 aromatic rings. The van der Waals surface area contributed by atoms with Gasteiger partial charge in [0.25, 0.3) is 0 Å². The van der Waals surface area contributed by atoms with Gasteiger partial charge in [-0.05, 0) is 33.9 Å². The number of hydrogen-bond donors (Lipinski definition) is 0. The van der Waals surface area contributed by atoms with Crippen molar-refractivity contribution in [1.82, 2.24) is 19.5 Å². The highest BCUT2D eigenvalue weighted by Gasteiger charge is 2.23. The molecule has 0 spiro atoms. The predicted molar refractivity (Wildman–Crippen MR) is 76.6 cm³/mol. The number of piperidine rings is 1. The molecule has 5 nitrogen and oxygen atoms in total. The Kier molecular flexibility index (Phi) is 3.14. The van der Waals surface area contributed by atoms with Gasteiger partial charge in [-0.25, -0.2) is 4.98 Å². The van der Waals surface area contributed by atoms with Crippen LogP contribution in [0.1, 0.15) is 18.5 Å². The first kappa shape index (κ1) is 12.4. The van der Waals surface area contributed by atoms with E-state index in [1.165, 1.54) is 18.7 Å². The van der Waals surface area contributed by atoms with Crippen LogP contribution in [-0.2, 0) is 0 Å². The zero-order valence-corrected chi connectivity index (χ0v) is 11.9. The minimum absolute atomic E-state index is 0.618. The topological polar surface area (TPSA) is 36.7 Å². The molecule has 0 amide bonds. The SMILES string of the molecule is Cc1cc(N2CCC[C@@H](N(C)C)C2)n2nccc2n1. The minimum atomic E-state index is 0.618. The van der Waals surface area contributed by atoms with E-state index in [0.29, 0.717) is 6.04 Å². The Morgan fingerprint density at radius 1 is 1.37 bits per heavy atom. The highest BCUT2D eigenvalue weighted by molar-refractivity contribution is 5.51. The Hall–Kier alpha value is -1.62. The van der Waals surface area contributed by atoms with Gasteiger partial charge in [0, 0.05) is 37.0 Å². The Morgan fingerprint density at radius 3 is 3.00 bits per heavy atom. The van der Waals surface area contributed by atoms with Gasteiger partial charge in [-0.1, -0.05) is 0 Å². The molecular weight excluding hydrogens is 238 g/mol. The van der Waals surface area contributed by atoms with Crippen LogP contribution < -0.4 is 4.90 Å². The van der Waals surface area contributed by atoms with Crippen LogP contribution in [0.3, 0.4) is 0 Å².